The van der Waals surface area contributed by atoms with Gasteiger partial charge in [0.1, 0.15) is 11.4 Å². The van der Waals surface area contributed by atoms with Gasteiger partial charge in [-0.05, 0) is 32.9 Å². The largest absolute Gasteiger partial charge is 0.444 e. The fraction of sp³-hybridized carbons (Fsp3) is 0.385. The standard InChI is InChI=1S/C13H18N4O2/c1-13(2,3)19-12(18)15-8-4-5-10-6-7-11(17-14)16-9-10/h6-7,9H,8,14H2,1-3H3,(H,15,18)(H,16,17). The molecule has 0 fully saturated rings. The number of nitrogens with two attached hydrogens (primary N) is 1. The highest BCUT2D eigenvalue weighted by atomic mass is 16.6. The number of pyridine rings is 1. The molecule has 0 bridgehead atoms. The van der Waals surface area contributed by atoms with Gasteiger partial charge in [-0.2, -0.15) is 0 Å². The predicted molar refractivity (Wildman–Crippen MR) is 73.2 cm³/mol. The minimum Gasteiger partial charge on any atom is -0.444 e. The maximum atomic E-state index is 11.3. The number of anilines is 1. The first-order valence-electron chi connectivity index (χ1n) is 5.79. The molecule has 6 heteroatoms. The number of aromatic nitrogens is 1. The molecule has 1 aromatic heterocycles. The summed E-state index contributed by atoms with van der Waals surface area (Å²) in [6.45, 7) is 5.62. The van der Waals surface area contributed by atoms with Gasteiger partial charge in [0.25, 0.3) is 0 Å². The van der Waals surface area contributed by atoms with Gasteiger partial charge in [0.05, 0.1) is 6.54 Å². The van der Waals surface area contributed by atoms with Crippen molar-refractivity contribution in [1.29, 1.82) is 0 Å². The maximum Gasteiger partial charge on any atom is 0.408 e. The van der Waals surface area contributed by atoms with E-state index in [0.29, 0.717) is 5.82 Å². The van der Waals surface area contributed by atoms with Crippen LogP contribution in [-0.2, 0) is 4.74 Å². The topological polar surface area (TPSA) is 89.3 Å². The molecular formula is C13H18N4O2. The highest BCUT2D eigenvalue weighted by Gasteiger charge is 2.14. The van der Waals surface area contributed by atoms with E-state index in [2.05, 4.69) is 27.6 Å². The lowest BCUT2D eigenvalue weighted by atomic mass is 10.2. The minimum atomic E-state index is -0.507. The summed E-state index contributed by atoms with van der Waals surface area (Å²) in [7, 11) is 0. The van der Waals surface area contributed by atoms with Crippen molar-refractivity contribution in [2.45, 2.75) is 26.4 Å². The Kier molecular flexibility index (Phi) is 5.15. The Balaban J connectivity index is 2.40. The zero-order valence-corrected chi connectivity index (χ0v) is 11.3. The SMILES string of the molecule is CC(C)(C)OC(=O)NCC#Cc1ccc(NN)nc1. The number of carbonyl (C=O) groups is 1. The third-order valence-corrected chi connectivity index (χ3v) is 1.86. The van der Waals surface area contributed by atoms with E-state index in [1.54, 1.807) is 39.1 Å². The first kappa shape index (κ1) is 14.8. The number of ether oxygens (including phenoxy) is 1. The summed E-state index contributed by atoms with van der Waals surface area (Å²) in [6.07, 6.45) is 1.11. The molecule has 0 saturated carbocycles. The van der Waals surface area contributed by atoms with Crippen LogP contribution >= 0.6 is 0 Å². The first-order valence-corrected chi connectivity index (χ1v) is 5.79. The number of hydrogen-bond donors (Lipinski definition) is 3. The van der Waals surface area contributed by atoms with Gasteiger partial charge in [-0.15, -0.1) is 0 Å². The van der Waals surface area contributed by atoms with E-state index in [1.807, 2.05) is 0 Å². The normalized spacial score (nSPS) is 10.1. The van der Waals surface area contributed by atoms with Crippen LogP contribution in [0.3, 0.4) is 0 Å². The van der Waals surface area contributed by atoms with Gasteiger partial charge < -0.3 is 15.5 Å². The van der Waals surface area contributed by atoms with Gasteiger partial charge >= 0.3 is 6.09 Å². The van der Waals surface area contributed by atoms with Gasteiger partial charge in [-0.3, -0.25) is 0 Å². The molecule has 0 atom stereocenters. The van der Waals surface area contributed by atoms with E-state index in [0.717, 1.165) is 5.56 Å². The van der Waals surface area contributed by atoms with E-state index in [1.165, 1.54) is 0 Å². The van der Waals surface area contributed by atoms with E-state index < -0.39 is 11.7 Å². The highest BCUT2D eigenvalue weighted by Crippen LogP contribution is 2.06. The molecule has 0 spiro atoms. The Hall–Kier alpha value is -2.26. The minimum absolute atomic E-state index is 0.214. The summed E-state index contributed by atoms with van der Waals surface area (Å²) in [5, 5.41) is 2.54. The summed E-state index contributed by atoms with van der Waals surface area (Å²) in [6, 6.07) is 3.49. The summed E-state index contributed by atoms with van der Waals surface area (Å²) >= 11 is 0. The van der Waals surface area contributed by atoms with Crippen molar-refractivity contribution in [2.24, 2.45) is 5.84 Å². The van der Waals surface area contributed by atoms with Crippen molar-refractivity contribution >= 4 is 11.9 Å². The Bertz CT molecular complexity index is 480. The van der Waals surface area contributed by atoms with Crippen LogP contribution in [0.2, 0.25) is 0 Å². The highest BCUT2D eigenvalue weighted by molar-refractivity contribution is 5.68. The Morgan fingerprint density at radius 1 is 1.47 bits per heavy atom. The van der Waals surface area contributed by atoms with Crippen molar-refractivity contribution in [2.75, 3.05) is 12.0 Å². The average molecular weight is 262 g/mol. The van der Waals surface area contributed by atoms with Crippen molar-refractivity contribution in [3.8, 4) is 11.8 Å². The monoisotopic (exact) mass is 262 g/mol. The molecule has 19 heavy (non-hydrogen) atoms. The van der Waals surface area contributed by atoms with Gasteiger partial charge in [-0.1, -0.05) is 11.8 Å². The van der Waals surface area contributed by atoms with Crippen LogP contribution in [0, 0.1) is 11.8 Å². The second kappa shape index (κ2) is 6.61. The third-order valence-electron chi connectivity index (χ3n) is 1.86. The van der Waals surface area contributed by atoms with E-state index >= 15 is 0 Å². The van der Waals surface area contributed by atoms with Crippen molar-refractivity contribution in [3.05, 3.63) is 23.9 Å². The average Bonchev–Trinajstić information content (AvgIpc) is 2.33. The summed E-state index contributed by atoms with van der Waals surface area (Å²) in [5.74, 6) is 11.4. The maximum absolute atomic E-state index is 11.3. The van der Waals surface area contributed by atoms with E-state index in [9.17, 15) is 4.79 Å². The van der Waals surface area contributed by atoms with Gasteiger partial charge in [0.2, 0.25) is 0 Å². The summed E-state index contributed by atoms with van der Waals surface area (Å²) in [5.41, 5.74) is 2.66. The molecule has 0 radical (unpaired) electrons. The van der Waals surface area contributed by atoms with Crippen LogP contribution in [0.25, 0.3) is 0 Å². The smallest absolute Gasteiger partial charge is 0.408 e. The molecule has 1 aromatic rings. The number of amides is 1. The first-order chi connectivity index (χ1) is 8.90. The molecule has 0 aromatic carbocycles. The number of nitrogens with zero attached hydrogens (tertiary/aromatic N) is 1. The lowest BCUT2D eigenvalue weighted by molar-refractivity contribution is 0.0535. The van der Waals surface area contributed by atoms with E-state index in [4.69, 9.17) is 10.6 Å². The molecule has 1 amide bonds. The molecule has 1 rings (SSSR count). The lowest BCUT2D eigenvalue weighted by Gasteiger charge is -2.18. The second-order valence-electron chi connectivity index (χ2n) is 4.73. The quantitative estimate of drug-likeness (QED) is 0.424. The number of rotatable bonds is 2. The molecule has 102 valence electrons. The Morgan fingerprint density at radius 3 is 2.74 bits per heavy atom. The number of hydrogen-bond acceptors (Lipinski definition) is 5. The molecule has 0 aliphatic rings. The number of alkyl carbamates (subject to hydrolysis) is 1. The van der Waals surface area contributed by atoms with Crippen molar-refractivity contribution in [1.82, 2.24) is 10.3 Å². The Morgan fingerprint density at radius 2 is 2.21 bits per heavy atom. The molecule has 6 nitrogen and oxygen atoms in total. The molecule has 0 saturated heterocycles. The van der Waals surface area contributed by atoms with Crippen LogP contribution in [0.5, 0.6) is 0 Å². The fourth-order valence-electron chi connectivity index (χ4n) is 1.13. The zero-order chi connectivity index (χ0) is 14.3. The molecule has 0 unspecified atom stereocenters. The molecule has 0 aliphatic heterocycles. The zero-order valence-electron chi connectivity index (χ0n) is 11.3. The predicted octanol–water partition coefficient (Wildman–Crippen LogP) is 1.24. The van der Waals surface area contributed by atoms with Gasteiger partial charge in [0, 0.05) is 11.8 Å². The second-order valence-corrected chi connectivity index (χ2v) is 4.73. The lowest BCUT2D eigenvalue weighted by Crippen LogP contribution is -2.32. The third kappa shape index (κ3) is 6.29. The van der Waals surface area contributed by atoms with Crippen LogP contribution in [0.15, 0.2) is 18.3 Å². The van der Waals surface area contributed by atoms with Gasteiger partial charge in [0.15, 0.2) is 0 Å². The molecule has 1 heterocycles. The number of carbonyl (C=O) groups excluding carboxylic acids is 1. The van der Waals surface area contributed by atoms with Crippen molar-refractivity contribution in [3.63, 3.8) is 0 Å². The van der Waals surface area contributed by atoms with E-state index in [-0.39, 0.29) is 6.54 Å². The van der Waals surface area contributed by atoms with Crippen LogP contribution in [0.1, 0.15) is 26.3 Å². The fourth-order valence-corrected chi connectivity index (χ4v) is 1.13. The number of hydrazine groups is 1. The number of nitrogens with one attached hydrogen (secondary N) is 2. The van der Waals surface area contributed by atoms with Crippen LogP contribution in [-0.4, -0.2) is 23.2 Å². The molecular weight excluding hydrogens is 244 g/mol. The molecule has 0 aliphatic carbocycles. The molecule has 4 N–H and O–H groups in total. The van der Waals surface area contributed by atoms with Gasteiger partial charge in [-0.25, -0.2) is 15.6 Å². The van der Waals surface area contributed by atoms with Crippen molar-refractivity contribution < 1.29 is 9.53 Å². The number of nitrogen functional groups attached to an aromatic ring is 1. The Labute approximate surface area is 112 Å². The van der Waals surface area contributed by atoms with Crippen LogP contribution < -0.4 is 16.6 Å². The summed E-state index contributed by atoms with van der Waals surface area (Å²) in [4.78, 5) is 15.3. The summed E-state index contributed by atoms with van der Waals surface area (Å²) < 4.78 is 5.07. The van der Waals surface area contributed by atoms with Crippen LogP contribution in [0.4, 0.5) is 10.6 Å².